The van der Waals surface area contributed by atoms with Crippen molar-refractivity contribution in [1.29, 1.82) is 0 Å². The van der Waals surface area contributed by atoms with Gasteiger partial charge in [0.1, 0.15) is 5.82 Å². The van der Waals surface area contributed by atoms with Gasteiger partial charge in [-0.15, -0.1) is 0 Å². The van der Waals surface area contributed by atoms with E-state index in [1.54, 1.807) is 13.0 Å². The summed E-state index contributed by atoms with van der Waals surface area (Å²) in [6.45, 7) is 4.84. The average molecular weight is 249 g/mol. The second-order valence-electron chi connectivity index (χ2n) is 5.65. The molecule has 1 atom stereocenters. The Morgan fingerprint density at radius 2 is 2.00 bits per heavy atom. The molecule has 0 heterocycles. The molecule has 1 fully saturated rings. The molecule has 1 unspecified atom stereocenters. The van der Waals surface area contributed by atoms with Gasteiger partial charge in [0.15, 0.2) is 0 Å². The van der Waals surface area contributed by atoms with E-state index < -0.39 is 0 Å². The fourth-order valence-corrected chi connectivity index (χ4v) is 2.83. The Morgan fingerprint density at radius 3 is 2.67 bits per heavy atom. The van der Waals surface area contributed by atoms with Crippen LogP contribution in [0.25, 0.3) is 0 Å². The molecule has 0 bridgehead atoms. The number of aryl methyl sites for hydroxylation is 1. The highest BCUT2D eigenvalue weighted by atomic mass is 19.1. The maximum Gasteiger partial charge on any atom is 0.126 e. The van der Waals surface area contributed by atoms with E-state index in [1.807, 2.05) is 12.1 Å². The zero-order chi connectivity index (χ0) is 13.0. The topological polar surface area (TPSA) is 12.0 Å². The lowest BCUT2D eigenvalue weighted by Crippen LogP contribution is -2.34. The van der Waals surface area contributed by atoms with Gasteiger partial charge >= 0.3 is 0 Å². The van der Waals surface area contributed by atoms with E-state index >= 15 is 0 Å². The summed E-state index contributed by atoms with van der Waals surface area (Å²) in [5.41, 5.74) is 1.76. The van der Waals surface area contributed by atoms with Gasteiger partial charge in [0.2, 0.25) is 0 Å². The fraction of sp³-hybridized carbons (Fsp3) is 0.625. The van der Waals surface area contributed by atoms with E-state index in [4.69, 9.17) is 0 Å². The smallest absolute Gasteiger partial charge is 0.126 e. The van der Waals surface area contributed by atoms with Gasteiger partial charge in [0.05, 0.1) is 0 Å². The van der Waals surface area contributed by atoms with Crippen molar-refractivity contribution in [1.82, 2.24) is 5.32 Å². The van der Waals surface area contributed by atoms with Crippen molar-refractivity contribution < 1.29 is 4.39 Å². The molecule has 0 spiro atoms. The molecule has 2 heteroatoms. The number of halogens is 1. The second kappa shape index (κ2) is 6.33. The monoisotopic (exact) mass is 249 g/mol. The average Bonchev–Trinajstić information content (AvgIpc) is 2.41. The molecular formula is C16H24FN. The van der Waals surface area contributed by atoms with Crippen LogP contribution in [0.15, 0.2) is 18.2 Å². The highest BCUT2D eigenvalue weighted by molar-refractivity contribution is 5.23. The van der Waals surface area contributed by atoms with Crippen molar-refractivity contribution in [2.75, 3.05) is 0 Å². The predicted octanol–water partition coefficient (Wildman–Crippen LogP) is 4.19. The van der Waals surface area contributed by atoms with E-state index in [9.17, 15) is 4.39 Å². The van der Waals surface area contributed by atoms with Crippen LogP contribution in [0, 0.1) is 18.7 Å². The maximum absolute atomic E-state index is 13.4. The zero-order valence-corrected chi connectivity index (χ0v) is 11.5. The lowest BCUT2D eigenvalue weighted by molar-refractivity contribution is 0.280. The standard InChI is InChI=1S/C16H24FN/c1-12-8-9-14(10-16(12)17)11-18-13(2)15-6-4-3-5-7-15/h8-10,13,15,18H,3-7,11H2,1-2H3. The Morgan fingerprint density at radius 1 is 1.28 bits per heavy atom. The van der Waals surface area contributed by atoms with E-state index in [-0.39, 0.29) is 5.82 Å². The quantitative estimate of drug-likeness (QED) is 0.843. The summed E-state index contributed by atoms with van der Waals surface area (Å²) in [5.74, 6) is 0.702. The van der Waals surface area contributed by atoms with E-state index in [0.29, 0.717) is 6.04 Å². The van der Waals surface area contributed by atoms with E-state index in [1.165, 1.54) is 32.1 Å². The number of rotatable bonds is 4. The number of nitrogens with one attached hydrogen (secondary N) is 1. The largest absolute Gasteiger partial charge is 0.310 e. The highest BCUT2D eigenvalue weighted by Gasteiger charge is 2.19. The molecule has 1 aliphatic carbocycles. The summed E-state index contributed by atoms with van der Waals surface area (Å²) in [6.07, 6.45) is 6.82. The van der Waals surface area contributed by atoms with Gasteiger partial charge in [-0.05, 0) is 49.8 Å². The highest BCUT2D eigenvalue weighted by Crippen LogP contribution is 2.26. The molecule has 0 radical (unpaired) electrons. The minimum Gasteiger partial charge on any atom is -0.310 e. The lowest BCUT2D eigenvalue weighted by Gasteiger charge is -2.28. The summed E-state index contributed by atoms with van der Waals surface area (Å²) >= 11 is 0. The van der Waals surface area contributed by atoms with Crippen molar-refractivity contribution in [2.45, 2.75) is 58.5 Å². The molecule has 1 N–H and O–H groups in total. The van der Waals surface area contributed by atoms with Crippen molar-refractivity contribution >= 4 is 0 Å². The third kappa shape index (κ3) is 3.55. The molecule has 100 valence electrons. The van der Waals surface area contributed by atoms with Gasteiger partial charge < -0.3 is 5.32 Å². The number of hydrogen-bond donors (Lipinski definition) is 1. The van der Waals surface area contributed by atoms with Crippen molar-refractivity contribution in [3.8, 4) is 0 Å². The minimum atomic E-state index is -0.0976. The maximum atomic E-state index is 13.4. The molecular weight excluding hydrogens is 225 g/mol. The van der Waals surface area contributed by atoms with E-state index in [0.717, 1.165) is 23.6 Å². The summed E-state index contributed by atoms with van der Waals surface area (Å²) in [4.78, 5) is 0. The van der Waals surface area contributed by atoms with Gasteiger partial charge in [-0.3, -0.25) is 0 Å². The molecule has 1 saturated carbocycles. The first-order chi connectivity index (χ1) is 8.66. The summed E-state index contributed by atoms with van der Waals surface area (Å²) in [6, 6.07) is 6.06. The molecule has 18 heavy (non-hydrogen) atoms. The third-order valence-corrected chi connectivity index (χ3v) is 4.22. The van der Waals surface area contributed by atoms with Crippen LogP contribution in [0.4, 0.5) is 4.39 Å². The lowest BCUT2D eigenvalue weighted by atomic mass is 9.84. The molecule has 2 rings (SSSR count). The van der Waals surface area contributed by atoms with Crippen LogP contribution in [0.3, 0.4) is 0 Å². The van der Waals surface area contributed by atoms with Crippen molar-refractivity contribution in [3.05, 3.63) is 35.1 Å². The Kier molecular flexibility index (Phi) is 4.76. The summed E-state index contributed by atoms with van der Waals surface area (Å²) < 4.78 is 13.4. The van der Waals surface area contributed by atoms with E-state index in [2.05, 4.69) is 12.2 Å². The normalized spacial score (nSPS) is 18.8. The van der Waals surface area contributed by atoms with Crippen molar-refractivity contribution in [2.24, 2.45) is 5.92 Å². The van der Waals surface area contributed by atoms with Gasteiger partial charge in [0, 0.05) is 12.6 Å². The van der Waals surface area contributed by atoms with Gasteiger partial charge in [-0.2, -0.15) is 0 Å². The molecule has 0 aliphatic heterocycles. The van der Waals surface area contributed by atoms with Crippen molar-refractivity contribution in [3.63, 3.8) is 0 Å². The van der Waals surface area contributed by atoms with Crippen LogP contribution < -0.4 is 5.32 Å². The first kappa shape index (κ1) is 13.5. The fourth-order valence-electron chi connectivity index (χ4n) is 2.83. The van der Waals surface area contributed by atoms with Crippen LogP contribution >= 0.6 is 0 Å². The SMILES string of the molecule is Cc1ccc(CNC(C)C2CCCCC2)cc1F. The zero-order valence-electron chi connectivity index (χ0n) is 11.5. The Balaban J connectivity index is 1.84. The number of hydrogen-bond acceptors (Lipinski definition) is 1. The summed E-state index contributed by atoms with van der Waals surface area (Å²) in [7, 11) is 0. The third-order valence-electron chi connectivity index (χ3n) is 4.22. The molecule has 1 nitrogen and oxygen atoms in total. The van der Waals surface area contributed by atoms with Crippen LogP contribution in [0.1, 0.15) is 50.2 Å². The molecule has 1 aliphatic rings. The Labute approximate surface area is 110 Å². The first-order valence-corrected chi connectivity index (χ1v) is 7.15. The summed E-state index contributed by atoms with van der Waals surface area (Å²) in [5, 5.41) is 3.55. The second-order valence-corrected chi connectivity index (χ2v) is 5.65. The molecule has 1 aromatic rings. The Bertz CT molecular complexity index is 383. The first-order valence-electron chi connectivity index (χ1n) is 7.15. The number of benzene rings is 1. The van der Waals surface area contributed by atoms with Crippen LogP contribution in [-0.4, -0.2) is 6.04 Å². The molecule has 0 amide bonds. The predicted molar refractivity (Wildman–Crippen MR) is 74.0 cm³/mol. The molecule has 0 aromatic heterocycles. The van der Waals surface area contributed by atoms with Gasteiger partial charge in [-0.1, -0.05) is 31.4 Å². The molecule has 1 aromatic carbocycles. The molecule has 0 saturated heterocycles. The van der Waals surface area contributed by atoms with Crippen LogP contribution in [0.5, 0.6) is 0 Å². The minimum absolute atomic E-state index is 0.0976. The van der Waals surface area contributed by atoms with Gasteiger partial charge in [0.25, 0.3) is 0 Å². The van der Waals surface area contributed by atoms with Gasteiger partial charge in [-0.25, -0.2) is 4.39 Å². The van der Waals surface area contributed by atoms with Crippen LogP contribution in [-0.2, 0) is 6.54 Å². The Hall–Kier alpha value is -0.890. The van der Waals surface area contributed by atoms with Crippen LogP contribution in [0.2, 0.25) is 0 Å².